The summed E-state index contributed by atoms with van der Waals surface area (Å²) >= 11 is 0. The highest BCUT2D eigenvalue weighted by molar-refractivity contribution is 5.94. The largest absolute Gasteiger partial charge is 0.479 e. The standard InChI is InChI=1S/C26H30N2O7/c1-25(15-33-3,22(29)28(2)26(23(30)31)12-13-34-16-26)27-24(32)35-14-21-19-10-6-4-8-17(19)18-9-5-7-11-20(18)21/h4-11,21H,12-16H2,1-3H3,(H,27,32)(H,30,31). The summed E-state index contributed by atoms with van der Waals surface area (Å²) in [6.45, 7) is 1.50. The number of alkyl carbamates (subject to hydrolysis) is 1. The fourth-order valence-corrected chi connectivity index (χ4v) is 5.00. The van der Waals surface area contributed by atoms with Crippen LogP contribution in [0, 0.1) is 0 Å². The van der Waals surface area contributed by atoms with Crippen molar-refractivity contribution >= 4 is 18.0 Å². The van der Waals surface area contributed by atoms with Gasteiger partial charge in [-0.2, -0.15) is 0 Å². The Bertz CT molecular complexity index is 1080. The molecule has 9 nitrogen and oxygen atoms in total. The van der Waals surface area contributed by atoms with Crippen LogP contribution in [0.5, 0.6) is 0 Å². The molecule has 2 aromatic rings. The fourth-order valence-electron chi connectivity index (χ4n) is 5.00. The Morgan fingerprint density at radius 1 is 1.14 bits per heavy atom. The summed E-state index contributed by atoms with van der Waals surface area (Å²) in [5, 5.41) is 12.4. The van der Waals surface area contributed by atoms with E-state index in [1.165, 1.54) is 21.1 Å². The molecule has 2 aliphatic rings. The van der Waals surface area contributed by atoms with Crippen LogP contribution in [0.4, 0.5) is 4.79 Å². The fraction of sp³-hybridized carbons (Fsp3) is 0.423. The monoisotopic (exact) mass is 482 g/mol. The number of ether oxygens (including phenoxy) is 3. The van der Waals surface area contributed by atoms with Gasteiger partial charge in [0.1, 0.15) is 12.1 Å². The molecular weight excluding hydrogens is 452 g/mol. The molecule has 1 fully saturated rings. The number of carboxylic acid groups (broad SMARTS) is 1. The quantitative estimate of drug-likeness (QED) is 0.594. The first-order valence-electron chi connectivity index (χ1n) is 11.4. The number of methoxy groups -OCH3 is 1. The minimum Gasteiger partial charge on any atom is -0.479 e. The molecule has 1 heterocycles. The number of carbonyl (C=O) groups excluding carboxylic acids is 2. The highest BCUT2D eigenvalue weighted by Gasteiger charge is 2.52. The Kier molecular flexibility index (Phi) is 6.82. The maximum atomic E-state index is 13.4. The molecule has 35 heavy (non-hydrogen) atoms. The third-order valence-electron chi connectivity index (χ3n) is 6.97. The topological polar surface area (TPSA) is 114 Å². The third-order valence-corrected chi connectivity index (χ3v) is 6.97. The Morgan fingerprint density at radius 2 is 1.74 bits per heavy atom. The van der Waals surface area contributed by atoms with Gasteiger partial charge in [-0.05, 0) is 29.2 Å². The number of carboxylic acids is 1. The van der Waals surface area contributed by atoms with Crippen molar-refractivity contribution in [2.75, 3.05) is 40.6 Å². The third kappa shape index (κ3) is 4.37. The Labute approximate surface area is 204 Å². The summed E-state index contributed by atoms with van der Waals surface area (Å²) in [6.07, 6.45) is -0.640. The highest BCUT2D eigenvalue weighted by Crippen LogP contribution is 2.44. The molecule has 0 spiro atoms. The Hall–Kier alpha value is -3.43. The molecule has 2 atom stereocenters. The van der Waals surface area contributed by atoms with E-state index < -0.39 is 29.0 Å². The van der Waals surface area contributed by atoms with Crippen molar-refractivity contribution in [2.45, 2.75) is 30.3 Å². The number of fused-ring (bicyclic) bond motifs is 3. The summed E-state index contributed by atoms with van der Waals surface area (Å²) in [4.78, 5) is 39.4. The molecule has 0 aromatic heterocycles. The lowest BCUT2D eigenvalue weighted by atomic mass is 9.92. The van der Waals surface area contributed by atoms with Crippen molar-refractivity contribution in [1.29, 1.82) is 0 Å². The van der Waals surface area contributed by atoms with Gasteiger partial charge in [-0.3, -0.25) is 4.79 Å². The predicted octanol–water partition coefficient (Wildman–Crippen LogP) is 2.63. The summed E-state index contributed by atoms with van der Waals surface area (Å²) < 4.78 is 16.1. The van der Waals surface area contributed by atoms with Gasteiger partial charge in [0, 0.05) is 33.1 Å². The van der Waals surface area contributed by atoms with Crippen LogP contribution < -0.4 is 5.32 Å². The van der Waals surface area contributed by atoms with Crippen LogP contribution in [-0.2, 0) is 23.8 Å². The SMILES string of the molecule is COCC(C)(NC(=O)OCC1c2ccccc2-c2ccccc21)C(=O)N(C)C1(C(=O)O)CCOC1. The number of aliphatic carboxylic acids is 1. The van der Waals surface area contributed by atoms with E-state index in [1.54, 1.807) is 0 Å². The van der Waals surface area contributed by atoms with Gasteiger partial charge in [-0.15, -0.1) is 0 Å². The lowest BCUT2D eigenvalue weighted by Crippen LogP contribution is -2.66. The van der Waals surface area contributed by atoms with Crippen LogP contribution in [0.1, 0.15) is 30.4 Å². The molecule has 0 bridgehead atoms. The van der Waals surface area contributed by atoms with Crippen LogP contribution in [-0.4, -0.2) is 79.6 Å². The zero-order valence-corrected chi connectivity index (χ0v) is 20.1. The van der Waals surface area contributed by atoms with Gasteiger partial charge in [0.25, 0.3) is 5.91 Å². The summed E-state index contributed by atoms with van der Waals surface area (Å²) in [5.74, 6) is -1.90. The predicted molar refractivity (Wildman–Crippen MR) is 127 cm³/mol. The van der Waals surface area contributed by atoms with E-state index in [-0.39, 0.29) is 38.8 Å². The first kappa shape index (κ1) is 24.7. The van der Waals surface area contributed by atoms with Crippen molar-refractivity contribution in [2.24, 2.45) is 0 Å². The maximum Gasteiger partial charge on any atom is 0.408 e. The van der Waals surface area contributed by atoms with Gasteiger partial charge in [-0.1, -0.05) is 48.5 Å². The van der Waals surface area contributed by atoms with Crippen molar-refractivity contribution in [1.82, 2.24) is 10.2 Å². The lowest BCUT2D eigenvalue weighted by Gasteiger charge is -2.39. The molecule has 1 aliphatic carbocycles. The van der Waals surface area contributed by atoms with Crippen molar-refractivity contribution < 1.29 is 33.7 Å². The minimum absolute atomic E-state index is 0.0832. The van der Waals surface area contributed by atoms with Gasteiger partial charge in [0.05, 0.1) is 13.2 Å². The number of benzene rings is 2. The Morgan fingerprint density at radius 3 is 2.26 bits per heavy atom. The summed E-state index contributed by atoms with van der Waals surface area (Å²) in [5.41, 5.74) is 1.31. The lowest BCUT2D eigenvalue weighted by molar-refractivity contribution is -0.161. The zero-order valence-electron chi connectivity index (χ0n) is 20.1. The second-order valence-corrected chi connectivity index (χ2v) is 9.22. The molecular formula is C26H30N2O7. The maximum absolute atomic E-state index is 13.4. The Balaban J connectivity index is 1.49. The molecule has 4 rings (SSSR count). The smallest absolute Gasteiger partial charge is 0.408 e. The van der Waals surface area contributed by atoms with Crippen molar-refractivity contribution in [3.8, 4) is 11.1 Å². The average Bonchev–Trinajstić information content (AvgIpc) is 3.46. The molecule has 2 unspecified atom stereocenters. The second kappa shape index (κ2) is 9.67. The molecule has 1 aliphatic heterocycles. The van der Waals surface area contributed by atoms with Crippen molar-refractivity contribution in [3.05, 3.63) is 59.7 Å². The van der Waals surface area contributed by atoms with Crippen LogP contribution in [0.2, 0.25) is 0 Å². The summed E-state index contributed by atoms with van der Waals surface area (Å²) in [7, 11) is 2.80. The van der Waals surface area contributed by atoms with E-state index in [1.807, 2.05) is 48.5 Å². The van der Waals surface area contributed by atoms with Gasteiger partial charge in [0.2, 0.25) is 0 Å². The number of amides is 2. The van der Waals surface area contributed by atoms with E-state index in [0.717, 1.165) is 27.2 Å². The van der Waals surface area contributed by atoms with Crippen LogP contribution in [0.15, 0.2) is 48.5 Å². The minimum atomic E-state index is -1.54. The number of nitrogens with one attached hydrogen (secondary N) is 1. The molecule has 9 heteroatoms. The molecule has 2 N–H and O–H groups in total. The number of likely N-dealkylation sites (N-methyl/N-ethyl adjacent to an activating group) is 1. The number of hydrogen-bond acceptors (Lipinski definition) is 6. The normalized spacial score (nSPS) is 20.4. The van der Waals surface area contributed by atoms with Crippen LogP contribution >= 0.6 is 0 Å². The molecule has 0 radical (unpaired) electrons. The van der Waals surface area contributed by atoms with Crippen LogP contribution in [0.3, 0.4) is 0 Å². The molecule has 2 aromatic carbocycles. The summed E-state index contributed by atoms with van der Waals surface area (Å²) in [6, 6.07) is 16.0. The van der Waals surface area contributed by atoms with Gasteiger partial charge >= 0.3 is 12.1 Å². The number of rotatable bonds is 8. The molecule has 2 amide bonds. The molecule has 186 valence electrons. The highest BCUT2D eigenvalue weighted by atomic mass is 16.5. The van der Waals surface area contributed by atoms with E-state index in [2.05, 4.69) is 5.32 Å². The second-order valence-electron chi connectivity index (χ2n) is 9.22. The zero-order chi connectivity index (χ0) is 25.2. The van der Waals surface area contributed by atoms with Crippen molar-refractivity contribution in [3.63, 3.8) is 0 Å². The molecule has 1 saturated heterocycles. The van der Waals surface area contributed by atoms with E-state index in [0.29, 0.717) is 0 Å². The van der Waals surface area contributed by atoms with E-state index in [9.17, 15) is 19.5 Å². The first-order valence-corrected chi connectivity index (χ1v) is 11.4. The molecule has 0 saturated carbocycles. The number of carbonyl (C=O) groups is 3. The van der Waals surface area contributed by atoms with Gasteiger partial charge in [-0.25, -0.2) is 9.59 Å². The van der Waals surface area contributed by atoms with Gasteiger partial charge < -0.3 is 29.5 Å². The van der Waals surface area contributed by atoms with E-state index >= 15 is 0 Å². The van der Waals surface area contributed by atoms with Gasteiger partial charge in [0.15, 0.2) is 5.54 Å². The number of nitrogens with zero attached hydrogens (tertiary/aromatic N) is 1. The number of hydrogen-bond donors (Lipinski definition) is 2. The van der Waals surface area contributed by atoms with E-state index in [4.69, 9.17) is 14.2 Å². The average molecular weight is 483 g/mol. The first-order chi connectivity index (χ1) is 16.7. The van der Waals surface area contributed by atoms with Crippen LogP contribution in [0.25, 0.3) is 11.1 Å².